The summed E-state index contributed by atoms with van der Waals surface area (Å²) in [5, 5.41) is 3.79. The van der Waals surface area contributed by atoms with E-state index >= 15 is 0 Å². The van der Waals surface area contributed by atoms with Crippen LogP contribution in [0.25, 0.3) is 0 Å². The minimum Gasteiger partial charge on any atom is -0.374 e. The molecule has 1 N–H and O–H groups in total. The molecule has 0 bridgehead atoms. The van der Waals surface area contributed by atoms with E-state index in [1.807, 2.05) is 0 Å². The van der Waals surface area contributed by atoms with E-state index in [2.05, 4.69) is 10.5 Å². The predicted octanol–water partition coefficient (Wildman–Crippen LogP) is 1.74. The van der Waals surface area contributed by atoms with E-state index in [9.17, 15) is 22.8 Å². The van der Waals surface area contributed by atoms with E-state index in [0.29, 0.717) is 18.7 Å². The van der Waals surface area contributed by atoms with Crippen LogP contribution in [0.4, 0.5) is 13.2 Å². The first-order chi connectivity index (χ1) is 12.3. The highest BCUT2D eigenvalue weighted by atomic mass is 19.4. The first-order valence-electron chi connectivity index (χ1n) is 8.25. The van der Waals surface area contributed by atoms with Gasteiger partial charge in [-0.15, -0.1) is 0 Å². The molecule has 6 nitrogen and oxygen atoms in total. The third-order valence-electron chi connectivity index (χ3n) is 4.29. The van der Waals surface area contributed by atoms with Crippen LogP contribution in [-0.4, -0.2) is 48.2 Å². The van der Waals surface area contributed by atoms with Gasteiger partial charge in [0.05, 0.1) is 18.3 Å². The van der Waals surface area contributed by atoms with Gasteiger partial charge in [0.1, 0.15) is 5.71 Å². The van der Waals surface area contributed by atoms with Crippen molar-refractivity contribution in [1.82, 2.24) is 10.3 Å². The lowest BCUT2D eigenvalue weighted by Crippen LogP contribution is -2.49. The Morgan fingerprint density at radius 2 is 2.15 bits per heavy atom. The fraction of sp³-hybridized carbons (Fsp3) is 0.471. The zero-order chi connectivity index (χ0) is 18.7. The Morgan fingerprint density at radius 3 is 2.85 bits per heavy atom. The van der Waals surface area contributed by atoms with Crippen LogP contribution in [0, 0.1) is 0 Å². The number of nitrogens with one attached hydrogen (secondary N) is 1. The average molecular weight is 369 g/mol. The third kappa shape index (κ3) is 4.40. The number of carbonyl (C=O) groups is 2. The van der Waals surface area contributed by atoms with Crippen LogP contribution in [0.1, 0.15) is 24.0 Å². The van der Waals surface area contributed by atoms with Gasteiger partial charge in [-0.05, 0) is 11.6 Å². The summed E-state index contributed by atoms with van der Waals surface area (Å²) in [6.45, 7) is 0.946. The fourth-order valence-electron chi connectivity index (χ4n) is 2.98. The van der Waals surface area contributed by atoms with Crippen molar-refractivity contribution in [3.05, 3.63) is 35.4 Å². The van der Waals surface area contributed by atoms with Gasteiger partial charge in [-0.2, -0.15) is 18.3 Å². The summed E-state index contributed by atoms with van der Waals surface area (Å²) in [6.07, 6.45) is -4.02. The molecule has 0 aliphatic carbocycles. The standard InChI is InChI=1S/C17H18F3N3O3/c18-17(19,20)12-3-1-2-11(8-12)9-13-10-23(6-7-26-13)16(25)14-4-5-15(24)22-21-14/h1-3,8,13H,4-7,9-10H2,(H,22,24)/t13-/m1/s1. The number of morpholine rings is 1. The molecule has 2 aliphatic rings. The number of carbonyl (C=O) groups excluding carboxylic acids is 2. The minimum atomic E-state index is -4.39. The Balaban J connectivity index is 1.64. The summed E-state index contributed by atoms with van der Waals surface area (Å²) in [6, 6.07) is 5.10. The van der Waals surface area contributed by atoms with E-state index in [-0.39, 0.29) is 43.3 Å². The second-order valence-electron chi connectivity index (χ2n) is 6.24. The second kappa shape index (κ2) is 7.45. The maximum absolute atomic E-state index is 12.8. The van der Waals surface area contributed by atoms with Crippen LogP contribution in [0.5, 0.6) is 0 Å². The highest BCUT2D eigenvalue weighted by Gasteiger charge is 2.32. The van der Waals surface area contributed by atoms with Crippen molar-refractivity contribution >= 4 is 17.5 Å². The Labute approximate surface area is 148 Å². The number of benzene rings is 1. The highest BCUT2D eigenvalue weighted by molar-refractivity contribution is 6.39. The quantitative estimate of drug-likeness (QED) is 0.882. The van der Waals surface area contributed by atoms with Gasteiger partial charge in [0, 0.05) is 32.4 Å². The maximum atomic E-state index is 12.8. The zero-order valence-corrected chi connectivity index (χ0v) is 13.9. The summed E-state index contributed by atoms with van der Waals surface area (Å²) < 4.78 is 44.1. The molecule has 0 spiro atoms. The first kappa shape index (κ1) is 18.4. The number of ether oxygens (including phenoxy) is 1. The largest absolute Gasteiger partial charge is 0.416 e. The van der Waals surface area contributed by atoms with Crippen molar-refractivity contribution in [2.75, 3.05) is 19.7 Å². The molecule has 0 radical (unpaired) electrons. The number of hydrogen-bond donors (Lipinski definition) is 1. The number of rotatable bonds is 3. The molecule has 2 amide bonds. The smallest absolute Gasteiger partial charge is 0.374 e. The van der Waals surface area contributed by atoms with E-state index in [0.717, 1.165) is 12.1 Å². The number of alkyl halides is 3. The molecule has 9 heteroatoms. The Kier molecular flexibility index (Phi) is 5.26. The third-order valence-corrected chi connectivity index (χ3v) is 4.29. The molecular formula is C17H18F3N3O3. The van der Waals surface area contributed by atoms with Crippen molar-refractivity contribution in [1.29, 1.82) is 0 Å². The lowest BCUT2D eigenvalue weighted by molar-refractivity contribution is -0.137. The van der Waals surface area contributed by atoms with Gasteiger partial charge in [0.25, 0.3) is 5.91 Å². The van der Waals surface area contributed by atoms with Crippen LogP contribution in [0.2, 0.25) is 0 Å². The summed E-state index contributed by atoms with van der Waals surface area (Å²) in [5.41, 5.74) is 2.37. The number of hydrazone groups is 1. The number of hydrogen-bond acceptors (Lipinski definition) is 4. The van der Waals surface area contributed by atoms with E-state index in [4.69, 9.17) is 4.74 Å². The van der Waals surface area contributed by atoms with Crippen molar-refractivity contribution in [2.24, 2.45) is 5.10 Å². The predicted molar refractivity (Wildman–Crippen MR) is 86.3 cm³/mol. The molecule has 0 saturated carbocycles. The van der Waals surface area contributed by atoms with Crippen LogP contribution >= 0.6 is 0 Å². The molecule has 0 aromatic heterocycles. The molecule has 2 aliphatic heterocycles. The number of nitrogens with zero attached hydrogens (tertiary/aromatic N) is 2. The molecule has 0 unspecified atom stereocenters. The van der Waals surface area contributed by atoms with Gasteiger partial charge in [0.15, 0.2) is 0 Å². The zero-order valence-electron chi connectivity index (χ0n) is 13.9. The van der Waals surface area contributed by atoms with Crippen LogP contribution in [0.15, 0.2) is 29.4 Å². The van der Waals surface area contributed by atoms with Crippen LogP contribution in [-0.2, 0) is 26.9 Å². The summed E-state index contributed by atoms with van der Waals surface area (Å²) in [5.74, 6) is -0.506. The topological polar surface area (TPSA) is 71.0 Å². The Bertz CT molecular complexity index is 733. The van der Waals surface area contributed by atoms with Gasteiger partial charge in [0.2, 0.25) is 5.91 Å². The normalized spacial score (nSPS) is 21.2. The van der Waals surface area contributed by atoms with Crippen molar-refractivity contribution in [3.63, 3.8) is 0 Å². The van der Waals surface area contributed by atoms with Gasteiger partial charge in [-0.25, -0.2) is 5.43 Å². The van der Waals surface area contributed by atoms with Crippen molar-refractivity contribution in [2.45, 2.75) is 31.5 Å². The summed E-state index contributed by atoms with van der Waals surface area (Å²) >= 11 is 0. The van der Waals surface area contributed by atoms with Gasteiger partial charge in [-0.3, -0.25) is 9.59 Å². The SMILES string of the molecule is O=C1CCC(C(=O)N2CCO[C@H](Cc3cccc(C(F)(F)F)c3)C2)=NN1. The Morgan fingerprint density at radius 1 is 1.35 bits per heavy atom. The van der Waals surface area contributed by atoms with E-state index < -0.39 is 17.8 Å². The second-order valence-corrected chi connectivity index (χ2v) is 6.24. The molecule has 140 valence electrons. The minimum absolute atomic E-state index is 0.211. The molecule has 1 atom stereocenters. The number of amides is 2. The molecule has 3 rings (SSSR count). The van der Waals surface area contributed by atoms with Gasteiger partial charge >= 0.3 is 6.18 Å². The summed E-state index contributed by atoms with van der Waals surface area (Å²) in [7, 11) is 0. The first-order valence-corrected chi connectivity index (χ1v) is 8.25. The molecule has 26 heavy (non-hydrogen) atoms. The molecule has 1 saturated heterocycles. The van der Waals surface area contributed by atoms with E-state index in [1.54, 1.807) is 11.0 Å². The maximum Gasteiger partial charge on any atom is 0.416 e. The van der Waals surface area contributed by atoms with Gasteiger partial charge in [-0.1, -0.05) is 18.2 Å². The molecule has 1 fully saturated rings. The molecular weight excluding hydrogens is 351 g/mol. The lowest BCUT2D eigenvalue weighted by Gasteiger charge is -2.33. The summed E-state index contributed by atoms with van der Waals surface area (Å²) in [4.78, 5) is 25.2. The van der Waals surface area contributed by atoms with Crippen molar-refractivity contribution in [3.8, 4) is 0 Å². The Hall–Kier alpha value is -2.42. The lowest BCUT2D eigenvalue weighted by atomic mass is 10.0. The van der Waals surface area contributed by atoms with Crippen molar-refractivity contribution < 1.29 is 27.5 Å². The molecule has 1 aromatic rings. The van der Waals surface area contributed by atoms with Crippen LogP contribution in [0.3, 0.4) is 0 Å². The van der Waals surface area contributed by atoms with E-state index in [1.165, 1.54) is 6.07 Å². The van der Waals surface area contributed by atoms with Crippen LogP contribution < -0.4 is 5.43 Å². The fourth-order valence-corrected chi connectivity index (χ4v) is 2.98. The molecule has 1 aromatic carbocycles. The number of halogens is 3. The molecule has 2 heterocycles. The highest BCUT2D eigenvalue weighted by Crippen LogP contribution is 2.30. The average Bonchev–Trinajstić information content (AvgIpc) is 2.61. The van der Waals surface area contributed by atoms with Gasteiger partial charge < -0.3 is 9.64 Å². The monoisotopic (exact) mass is 369 g/mol.